The highest BCUT2D eigenvalue weighted by molar-refractivity contribution is 7.99. The van der Waals surface area contributed by atoms with Gasteiger partial charge in [-0.15, -0.1) is 0 Å². The average molecular weight is 161 g/mol. The van der Waals surface area contributed by atoms with Crippen LogP contribution in [0.2, 0.25) is 0 Å². The Morgan fingerprint density at radius 3 is 3.20 bits per heavy atom. The van der Waals surface area contributed by atoms with E-state index < -0.39 is 5.91 Å². The molecule has 10 heavy (non-hydrogen) atoms. The first-order chi connectivity index (χ1) is 4.79. The number of amides is 1. The molecule has 1 aliphatic rings. The molecule has 0 aliphatic carbocycles. The van der Waals surface area contributed by atoms with Crippen molar-refractivity contribution in [3.05, 3.63) is 11.6 Å². The van der Waals surface area contributed by atoms with Crippen LogP contribution in [0.5, 0.6) is 0 Å². The van der Waals surface area contributed by atoms with E-state index in [0.717, 1.165) is 0 Å². The van der Waals surface area contributed by atoms with Crippen molar-refractivity contribution in [3.8, 4) is 0 Å². The monoisotopic (exact) mass is 161 g/mol. The Balaban J connectivity index is 2.09. The number of nitrogens with zero attached hydrogens (tertiary/aromatic N) is 1. The Kier molecular flexibility index (Phi) is 2.55. The van der Waals surface area contributed by atoms with Gasteiger partial charge in [-0.05, 0) is 4.58 Å². The van der Waals surface area contributed by atoms with Crippen LogP contribution in [0, 0.1) is 0 Å². The van der Waals surface area contributed by atoms with Crippen molar-refractivity contribution in [2.24, 2.45) is 5.73 Å². The third-order valence-electron chi connectivity index (χ3n) is 0.729. The van der Waals surface area contributed by atoms with E-state index in [1.54, 1.807) is 11.6 Å². The van der Waals surface area contributed by atoms with E-state index in [-0.39, 0.29) is 6.61 Å². The fourth-order valence-corrected chi connectivity index (χ4v) is 0.865. The number of carbonyl (C=O) groups is 1. The molecule has 0 spiro atoms. The minimum atomic E-state index is -0.491. The Hall–Kier alpha value is -0.720. The molecule has 56 valence electrons. The second-order valence-corrected chi connectivity index (χ2v) is 2.35. The lowest BCUT2D eigenvalue weighted by atomic mass is 10.7. The molecule has 0 bridgehead atoms. The van der Waals surface area contributed by atoms with Gasteiger partial charge in [-0.3, -0.25) is 15.1 Å². The molecule has 5 nitrogen and oxygen atoms in total. The molecule has 0 unspecified atom stereocenters. The molecule has 1 amide bonds. The molecule has 0 aromatic rings. The summed E-state index contributed by atoms with van der Waals surface area (Å²) in [6.07, 6.45) is 1.69. The molecule has 0 aromatic heterocycles. The van der Waals surface area contributed by atoms with E-state index in [9.17, 15) is 4.79 Å². The predicted molar refractivity (Wildman–Crippen MR) is 36.9 cm³/mol. The van der Waals surface area contributed by atoms with Crippen molar-refractivity contribution in [2.45, 2.75) is 0 Å². The lowest BCUT2D eigenvalue weighted by Gasteiger charge is -2.11. The van der Waals surface area contributed by atoms with Crippen LogP contribution >= 0.6 is 11.9 Å². The second-order valence-electron chi connectivity index (χ2n) is 1.53. The summed E-state index contributed by atoms with van der Waals surface area (Å²) >= 11 is 1.30. The summed E-state index contributed by atoms with van der Waals surface area (Å²) in [5.74, 6) is -0.491. The molecule has 0 radical (unpaired) electrons. The maximum atomic E-state index is 10.2. The van der Waals surface area contributed by atoms with Gasteiger partial charge in [0.1, 0.15) is 6.61 Å². The number of nitrogens with two attached hydrogens (primary N) is 1. The van der Waals surface area contributed by atoms with Gasteiger partial charge in [0.15, 0.2) is 0 Å². The van der Waals surface area contributed by atoms with E-state index >= 15 is 0 Å². The lowest BCUT2D eigenvalue weighted by Crippen LogP contribution is -2.29. The molecule has 0 aromatic carbocycles. The minimum absolute atomic E-state index is 0.109. The van der Waals surface area contributed by atoms with E-state index in [1.807, 2.05) is 0 Å². The van der Waals surface area contributed by atoms with E-state index in [1.165, 1.54) is 16.5 Å². The summed E-state index contributed by atoms with van der Waals surface area (Å²) in [7, 11) is 0. The molecule has 0 saturated heterocycles. The molecule has 0 fully saturated rings. The summed E-state index contributed by atoms with van der Waals surface area (Å²) < 4.78 is 1.34. The highest BCUT2D eigenvalue weighted by Crippen LogP contribution is 2.12. The molecule has 1 rings (SSSR count). The van der Waals surface area contributed by atoms with Crippen LogP contribution in [0.15, 0.2) is 11.6 Å². The quantitative estimate of drug-likeness (QED) is 0.538. The standard InChI is InChI=1S/C4H7N3O2S/c5-4(8)3-9-7-6-1-2-10-7/h1-2,6H,3H2,(H2,5,8). The number of rotatable bonds is 3. The Morgan fingerprint density at radius 1 is 1.90 bits per heavy atom. The van der Waals surface area contributed by atoms with Crippen molar-refractivity contribution < 1.29 is 9.63 Å². The van der Waals surface area contributed by atoms with Gasteiger partial charge >= 0.3 is 0 Å². The van der Waals surface area contributed by atoms with E-state index in [4.69, 9.17) is 10.6 Å². The molecule has 1 aliphatic heterocycles. The summed E-state index contributed by atoms with van der Waals surface area (Å²) in [5, 5.41) is 1.78. The van der Waals surface area contributed by atoms with Crippen molar-refractivity contribution in [2.75, 3.05) is 6.61 Å². The van der Waals surface area contributed by atoms with Crippen LogP contribution in [0.4, 0.5) is 0 Å². The van der Waals surface area contributed by atoms with Gasteiger partial charge < -0.3 is 5.73 Å². The third-order valence-corrected chi connectivity index (χ3v) is 1.39. The molecule has 3 N–H and O–H groups in total. The largest absolute Gasteiger partial charge is 0.368 e. The van der Waals surface area contributed by atoms with E-state index in [2.05, 4.69) is 5.43 Å². The zero-order valence-electron chi connectivity index (χ0n) is 5.11. The third kappa shape index (κ3) is 2.26. The summed E-state index contributed by atoms with van der Waals surface area (Å²) in [6.45, 7) is -0.109. The highest BCUT2D eigenvalue weighted by Gasteiger charge is 2.07. The van der Waals surface area contributed by atoms with Crippen molar-refractivity contribution >= 4 is 17.9 Å². The molecule has 0 saturated carbocycles. The highest BCUT2D eigenvalue weighted by atomic mass is 32.2. The van der Waals surface area contributed by atoms with E-state index in [0.29, 0.717) is 0 Å². The first-order valence-corrected chi connectivity index (χ1v) is 3.42. The first-order valence-electron chi connectivity index (χ1n) is 2.58. The van der Waals surface area contributed by atoms with Crippen LogP contribution in [-0.2, 0) is 9.63 Å². The first kappa shape index (κ1) is 7.39. The summed E-state index contributed by atoms with van der Waals surface area (Å²) in [5.41, 5.74) is 7.52. The average Bonchev–Trinajstić information content (AvgIpc) is 2.34. The zero-order chi connectivity index (χ0) is 7.40. The lowest BCUT2D eigenvalue weighted by molar-refractivity contribution is -0.140. The van der Waals surface area contributed by atoms with Crippen LogP contribution in [0.25, 0.3) is 0 Å². The predicted octanol–water partition coefficient (Wildman–Crippen LogP) is -0.657. The Labute approximate surface area is 62.2 Å². The fraction of sp³-hybridized carbons (Fsp3) is 0.250. The Morgan fingerprint density at radius 2 is 2.70 bits per heavy atom. The number of hydrogen-bond donors (Lipinski definition) is 2. The van der Waals surface area contributed by atoms with Gasteiger partial charge in [-0.1, -0.05) is 0 Å². The summed E-state index contributed by atoms with van der Waals surface area (Å²) in [4.78, 5) is 15.0. The smallest absolute Gasteiger partial charge is 0.245 e. The number of carbonyl (C=O) groups excluding carboxylic acids is 1. The van der Waals surface area contributed by atoms with Gasteiger partial charge in [0, 0.05) is 23.6 Å². The van der Waals surface area contributed by atoms with Crippen LogP contribution in [-0.4, -0.2) is 17.1 Å². The summed E-state index contributed by atoms with van der Waals surface area (Å²) in [6, 6.07) is 0. The van der Waals surface area contributed by atoms with Gasteiger partial charge in [0.2, 0.25) is 5.91 Å². The number of hydrogen-bond acceptors (Lipinski definition) is 5. The molecule has 0 atom stereocenters. The van der Waals surface area contributed by atoms with Crippen LogP contribution in [0.1, 0.15) is 0 Å². The maximum Gasteiger partial charge on any atom is 0.245 e. The second kappa shape index (κ2) is 3.45. The number of hydrazine groups is 1. The topological polar surface area (TPSA) is 67.6 Å². The Bertz CT molecular complexity index is 153. The number of nitrogens with one attached hydrogen (secondary N) is 1. The molecular formula is C4H7N3O2S. The normalized spacial score (nSPS) is 17.2. The van der Waals surface area contributed by atoms with Crippen LogP contribution < -0.4 is 11.2 Å². The van der Waals surface area contributed by atoms with Gasteiger partial charge in [-0.25, -0.2) is 0 Å². The van der Waals surface area contributed by atoms with Gasteiger partial charge in [-0.2, -0.15) is 0 Å². The SMILES string of the molecule is NC(=O)CON1NC=CS1. The van der Waals surface area contributed by atoms with Crippen molar-refractivity contribution in [3.63, 3.8) is 0 Å². The number of primary amides is 1. The molecule has 6 heteroatoms. The van der Waals surface area contributed by atoms with Crippen molar-refractivity contribution in [1.82, 2.24) is 10.0 Å². The van der Waals surface area contributed by atoms with Crippen molar-refractivity contribution in [1.29, 1.82) is 0 Å². The maximum absolute atomic E-state index is 10.2. The van der Waals surface area contributed by atoms with Gasteiger partial charge in [0.25, 0.3) is 0 Å². The minimum Gasteiger partial charge on any atom is -0.368 e. The molecule has 1 heterocycles. The van der Waals surface area contributed by atoms with Gasteiger partial charge in [0.05, 0.1) is 0 Å². The van der Waals surface area contributed by atoms with Crippen LogP contribution in [0.3, 0.4) is 0 Å². The fourth-order valence-electron chi connectivity index (χ4n) is 0.397. The molecular weight excluding hydrogens is 154 g/mol. The zero-order valence-corrected chi connectivity index (χ0v) is 5.93.